The Balaban J connectivity index is -0.0000000454. The summed E-state index contributed by atoms with van der Waals surface area (Å²) in [4.78, 5) is 0. The van der Waals surface area contributed by atoms with Crippen molar-refractivity contribution in [3.63, 3.8) is 0 Å². The maximum atomic E-state index is 3.78. The summed E-state index contributed by atoms with van der Waals surface area (Å²) >= 11 is 0. The Bertz CT molecular complexity index is 98.5. The second-order valence-corrected chi connectivity index (χ2v) is 5.54. The van der Waals surface area contributed by atoms with Crippen molar-refractivity contribution in [3.8, 4) is 0 Å². The maximum absolute atomic E-state index is 3.78. The van der Waals surface area contributed by atoms with Crippen LogP contribution in [0.2, 0.25) is 0 Å². The Morgan fingerprint density at radius 1 is 0.375 bits per heavy atom. The molecule has 24 heavy (non-hydrogen) atoms. The van der Waals surface area contributed by atoms with E-state index in [-0.39, 0.29) is 46.1 Å². The molecule has 0 aliphatic heterocycles. The monoisotopic (exact) mass is 360 g/mol. The van der Waals surface area contributed by atoms with E-state index >= 15 is 0 Å². The molecule has 0 aromatic carbocycles. The Kier molecular flexibility index (Phi) is 94.5. The molecule has 2 heteroatoms. The molecular formula is C22H48Mg2. The van der Waals surface area contributed by atoms with E-state index < -0.39 is 0 Å². The standard InChI is InChI=1S/C8H17.2C5H11.C4H9.2Mg/c1-3-5-7-8-6-4-2;2*1-3-5-4-2;1-3-4-2;;/h1,3-8H2,2H3;2*1,3-5H2,2H3;1,3-4H2,2H3;;/q4*-1;2*+2. The third-order valence-corrected chi connectivity index (χ3v) is 2.91. The van der Waals surface area contributed by atoms with E-state index in [1.807, 2.05) is 0 Å². The van der Waals surface area contributed by atoms with E-state index in [2.05, 4.69) is 55.4 Å². The van der Waals surface area contributed by atoms with Gasteiger partial charge in [-0.1, -0.05) is 91.9 Å². The van der Waals surface area contributed by atoms with Crippen molar-refractivity contribution in [2.45, 2.75) is 118 Å². The van der Waals surface area contributed by atoms with Crippen molar-refractivity contribution in [3.05, 3.63) is 27.7 Å². The van der Waals surface area contributed by atoms with Crippen LogP contribution in [0.5, 0.6) is 0 Å². The molecule has 140 valence electrons. The van der Waals surface area contributed by atoms with Crippen molar-refractivity contribution in [2.75, 3.05) is 0 Å². The minimum Gasteiger partial charge on any atom is -0.343 e. The van der Waals surface area contributed by atoms with E-state index in [0.29, 0.717) is 0 Å². The van der Waals surface area contributed by atoms with Crippen LogP contribution in [0.1, 0.15) is 118 Å². The smallest absolute Gasteiger partial charge is 0.343 e. The van der Waals surface area contributed by atoms with Crippen LogP contribution in [-0.4, -0.2) is 46.1 Å². The zero-order chi connectivity index (χ0) is 17.9. The first-order chi connectivity index (χ1) is 10.7. The van der Waals surface area contributed by atoms with Gasteiger partial charge in [0.05, 0.1) is 0 Å². The number of hydrogen-bond acceptors (Lipinski definition) is 0. The summed E-state index contributed by atoms with van der Waals surface area (Å²) in [6.45, 7) is 23.4. The quantitative estimate of drug-likeness (QED) is 0.210. The van der Waals surface area contributed by atoms with E-state index in [1.54, 1.807) is 0 Å². The molecule has 0 atom stereocenters. The van der Waals surface area contributed by atoms with Gasteiger partial charge in [-0.05, 0) is 0 Å². The van der Waals surface area contributed by atoms with Gasteiger partial charge in [-0.15, -0.1) is 0 Å². The van der Waals surface area contributed by atoms with Gasteiger partial charge in [0.25, 0.3) is 0 Å². The molecular weight excluding hydrogens is 313 g/mol. The van der Waals surface area contributed by atoms with Gasteiger partial charge in [0, 0.05) is 0 Å². The van der Waals surface area contributed by atoms with Crippen molar-refractivity contribution in [1.29, 1.82) is 0 Å². The molecule has 0 N–H and O–H groups in total. The Morgan fingerprint density at radius 3 is 0.833 bits per heavy atom. The summed E-state index contributed by atoms with van der Waals surface area (Å²) in [6, 6.07) is 0. The topological polar surface area (TPSA) is 0 Å². The zero-order valence-electron chi connectivity index (χ0n) is 18.1. The summed E-state index contributed by atoms with van der Waals surface area (Å²) in [5, 5.41) is 0. The molecule has 0 amide bonds. The molecule has 0 aromatic rings. The van der Waals surface area contributed by atoms with Crippen LogP contribution < -0.4 is 0 Å². The second-order valence-electron chi connectivity index (χ2n) is 5.54. The second kappa shape index (κ2) is 56.3. The summed E-state index contributed by atoms with van der Waals surface area (Å²) < 4.78 is 0. The maximum Gasteiger partial charge on any atom is 2.00 e. The molecule has 0 unspecified atom stereocenters. The van der Waals surface area contributed by atoms with Gasteiger partial charge in [-0.2, -0.15) is 25.7 Å². The predicted octanol–water partition coefficient (Wildman–Crippen LogP) is 8.06. The van der Waals surface area contributed by atoms with E-state index in [9.17, 15) is 0 Å². The van der Waals surface area contributed by atoms with Crippen LogP contribution in [0.3, 0.4) is 0 Å². The fraction of sp³-hybridized carbons (Fsp3) is 0.818. The molecule has 0 aliphatic carbocycles. The van der Waals surface area contributed by atoms with Crippen LogP contribution in [0.4, 0.5) is 0 Å². The van der Waals surface area contributed by atoms with Crippen LogP contribution in [0, 0.1) is 27.7 Å². The molecule has 0 heterocycles. The summed E-state index contributed by atoms with van der Waals surface area (Å²) in [7, 11) is 0. The largest absolute Gasteiger partial charge is 2.00 e. The van der Waals surface area contributed by atoms with Gasteiger partial charge in [0.15, 0.2) is 0 Å². The number of unbranched alkanes of at least 4 members (excludes halogenated alkanes) is 10. The molecule has 0 spiro atoms. The van der Waals surface area contributed by atoms with Crippen LogP contribution in [0.15, 0.2) is 0 Å². The summed E-state index contributed by atoms with van der Waals surface area (Å²) in [5.74, 6) is 0. The Hall–Kier alpha value is 1.53. The first-order valence-corrected chi connectivity index (χ1v) is 9.83. The van der Waals surface area contributed by atoms with Gasteiger partial charge in [-0.3, -0.25) is 0 Å². The van der Waals surface area contributed by atoms with Gasteiger partial charge < -0.3 is 27.7 Å². The fourth-order valence-corrected chi connectivity index (χ4v) is 1.28. The minimum atomic E-state index is 0. The van der Waals surface area contributed by atoms with Crippen molar-refractivity contribution in [2.24, 2.45) is 0 Å². The average Bonchev–Trinajstić information content (AvgIpc) is 2.55. The predicted molar refractivity (Wildman–Crippen MR) is 120 cm³/mol. The zero-order valence-corrected chi connectivity index (χ0v) is 21.0. The van der Waals surface area contributed by atoms with E-state index in [4.69, 9.17) is 0 Å². The Morgan fingerprint density at radius 2 is 0.667 bits per heavy atom. The van der Waals surface area contributed by atoms with Crippen LogP contribution in [-0.2, 0) is 0 Å². The molecule has 0 aromatic heterocycles. The SMILES string of the molecule is [CH2-]CCC.[CH2-]CCCC.[CH2-]CCCC.[CH2-]CCCCCCC.[Mg+2].[Mg+2]. The number of rotatable bonds is 10. The molecule has 0 radical (unpaired) electrons. The molecule has 0 aliphatic rings. The van der Waals surface area contributed by atoms with Gasteiger partial charge >= 0.3 is 46.1 Å². The summed E-state index contributed by atoms with van der Waals surface area (Å²) in [6.07, 6.45) is 17.6. The van der Waals surface area contributed by atoms with Crippen LogP contribution >= 0.6 is 0 Å². The molecule has 0 saturated carbocycles. The first kappa shape index (κ1) is 40.3. The fourth-order valence-electron chi connectivity index (χ4n) is 1.28. The van der Waals surface area contributed by atoms with E-state index in [0.717, 1.165) is 25.7 Å². The number of hydrogen-bond donors (Lipinski definition) is 0. The Labute approximate surface area is 190 Å². The summed E-state index contributed by atoms with van der Waals surface area (Å²) in [5.41, 5.74) is 0. The molecule has 0 saturated heterocycles. The molecule has 0 rings (SSSR count). The average molecular weight is 361 g/mol. The van der Waals surface area contributed by atoms with Crippen LogP contribution in [0.25, 0.3) is 0 Å². The van der Waals surface area contributed by atoms with Crippen molar-refractivity contribution < 1.29 is 0 Å². The molecule has 0 nitrogen and oxygen atoms in total. The van der Waals surface area contributed by atoms with Gasteiger partial charge in [0.1, 0.15) is 0 Å². The van der Waals surface area contributed by atoms with Gasteiger partial charge in [-0.25, -0.2) is 0 Å². The minimum absolute atomic E-state index is 0. The molecule has 0 bridgehead atoms. The van der Waals surface area contributed by atoms with E-state index in [1.165, 1.54) is 64.2 Å². The third-order valence-electron chi connectivity index (χ3n) is 2.91. The third kappa shape index (κ3) is 89.8. The van der Waals surface area contributed by atoms with Crippen molar-refractivity contribution >= 4 is 46.1 Å². The first-order valence-electron chi connectivity index (χ1n) is 9.83. The molecule has 0 fully saturated rings. The van der Waals surface area contributed by atoms with Crippen molar-refractivity contribution in [1.82, 2.24) is 0 Å². The normalized spacial score (nSPS) is 8.00. The van der Waals surface area contributed by atoms with Gasteiger partial charge in [0.2, 0.25) is 0 Å².